The lowest BCUT2D eigenvalue weighted by Gasteiger charge is -2.60. The normalized spacial score (nSPS) is 41.5. The number of hydrogen-bond donors (Lipinski definition) is 3. The number of quaternary nitrogens is 1. The summed E-state index contributed by atoms with van der Waals surface area (Å²) in [5.41, 5.74) is 0.348. The molecule has 1 unspecified atom stereocenters. The Morgan fingerprint density at radius 3 is 3.04 bits per heavy atom. The zero-order valence-electron chi connectivity index (χ0n) is 13.5. The first-order valence-electron chi connectivity index (χ1n) is 8.75. The molecule has 5 atom stereocenters. The van der Waals surface area contributed by atoms with Crippen LogP contribution >= 0.6 is 0 Å². The third-order valence-electron chi connectivity index (χ3n) is 6.91. The molecule has 3 N–H and O–H groups in total. The highest BCUT2D eigenvalue weighted by atomic mass is 16.5. The number of nitrogens with one attached hydrogen (secondary N) is 1. The van der Waals surface area contributed by atoms with Crippen LogP contribution in [0.1, 0.15) is 30.4 Å². The predicted molar refractivity (Wildman–Crippen MR) is 86.4 cm³/mol. The average molecular weight is 328 g/mol. The number of ether oxygens (including phenoxy) is 1. The Bertz CT molecular complexity index is 775. The number of likely N-dealkylation sites (tertiary alicyclic amines) is 1. The van der Waals surface area contributed by atoms with Gasteiger partial charge in [0.05, 0.1) is 18.5 Å². The number of Topliss-reactive ketones (excluding diaryl/α,β-unsaturated/α-hetero) is 1. The van der Waals surface area contributed by atoms with Crippen molar-refractivity contribution in [3.8, 4) is 11.5 Å². The quantitative estimate of drug-likeness (QED) is 0.662. The van der Waals surface area contributed by atoms with E-state index in [4.69, 9.17) is 4.74 Å². The highest BCUT2D eigenvalue weighted by molar-refractivity contribution is 5.89. The Morgan fingerprint density at radius 2 is 2.25 bits per heavy atom. The second-order valence-electron chi connectivity index (χ2n) is 7.72. The van der Waals surface area contributed by atoms with E-state index in [0.29, 0.717) is 25.0 Å². The van der Waals surface area contributed by atoms with Gasteiger partial charge in [0.2, 0.25) is 0 Å². The zero-order valence-corrected chi connectivity index (χ0v) is 13.5. The maximum absolute atomic E-state index is 12.6. The summed E-state index contributed by atoms with van der Waals surface area (Å²) in [6.07, 6.45) is 3.50. The van der Waals surface area contributed by atoms with Crippen LogP contribution in [0.15, 0.2) is 24.8 Å². The number of rotatable bonds is 2. The van der Waals surface area contributed by atoms with E-state index in [1.54, 1.807) is 6.07 Å². The number of carbonyl (C=O) groups excluding carboxylic acids is 1. The van der Waals surface area contributed by atoms with Crippen LogP contribution < -0.4 is 9.64 Å². The van der Waals surface area contributed by atoms with E-state index in [2.05, 4.69) is 6.58 Å². The molecule has 24 heavy (non-hydrogen) atoms. The van der Waals surface area contributed by atoms with Crippen molar-refractivity contribution < 1.29 is 24.6 Å². The summed E-state index contributed by atoms with van der Waals surface area (Å²) in [7, 11) is 0. The van der Waals surface area contributed by atoms with Crippen LogP contribution in [-0.2, 0) is 16.6 Å². The van der Waals surface area contributed by atoms with Crippen LogP contribution in [0.25, 0.3) is 0 Å². The standard InChI is InChI=1S/C19H21NO4/c1-2-8-20-9-7-18-15-11-3-4-12(21)16(15)24-17(18)13(22)5-6-19(18,23)14(20)10-11/h2-4,14,17,21,23H,1,5-10H2/p+1/t14-,17+,18+,19-/m0/s1. The number of ketones is 1. The summed E-state index contributed by atoms with van der Waals surface area (Å²) in [5.74, 6) is 0.554. The van der Waals surface area contributed by atoms with Crippen LogP contribution in [-0.4, -0.2) is 46.8 Å². The second-order valence-corrected chi connectivity index (χ2v) is 7.72. The maximum atomic E-state index is 12.6. The van der Waals surface area contributed by atoms with Gasteiger partial charge >= 0.3 is 0 Å². The topological polar surface area (TPSA) is 71.2 Å². The Balaban J connectivity index is 1.80. The third kappa shape index (κ3) is 1.38. The van der Waals surface area contributed by atoms with Crippen molar-refractivity contribution >= 4 is 5.78 Å². The minimum atomic E-state index is -0.964. The van der Waals surface area contributed by atoms with Crippen LogP contribution in [0.5, 0.6) is 11.5 Å². The second kappa shape index (κ2) is 4.41. The number of hydrogen-bond acceptors (Lipinski definition) is 4. The molecule has 0 aromatic heterocycles. The SMILES string of the molecule is C=CC[NH+]1CC[C@@]23c4c5ccc(O)c4O[C@@H]2C(=O)CC[C@]3(O)[C@@H]1C5. The molecule has 4 aliphatic rings. The summed E-state index contributed by atoms with van der Waals surface area (Å²) in [6.45, 7) is 5.55. The summed E-state index contributed by atoms with van der Waals surface area (Å²) in [4.78, 5) is 14.0. The van der Waals surface area contributed by atoms with Crippen molar-refractivity contribution in [2.24, 2.45) is 0 Å². The van der Waals surface area contributed by atoms with Gasteiger partial charge in [0.15, 0.2) is 23.4 Å². The van der Waals surface area contributed by atoms with Gasteiger partial charge in [0.25, 0.3) is 0 Å². The fourth-order valence-electron chi connectivity index (χ4n) is 5.98. The van der Waals surface area contributed by atoms with Gasteiger partial charge in [0, 0.05) is 24.8 Å². The third-order valence-corrected chi connectivity index (χ3v) is 6.91. The number of carbonyl (C=O) groups is 1. The van der Waals surface area contributed by atoms with E-state index in [9.17, 15) is 15.0 Å². The highest BCUT2D eigenvalue weighted by Crippen LogP contribution is 2.62. The molecule has 1 aromatic carbocycles. The van der Waals surface area contributed by atoms with Crippen molar-refractivity contribution in [3.05, 3.63) is 35.9 Å². The molecule has 1 spiro atoms. The smallest absolute Gasteiger partial charge is 0.174 e. The molecule has 2 bridgehead atoms. The van der Waals surface area contributed by atoms with Crippen LogP contribution in [0.2, 0.25) is 0 Å². The van der Waals surface area contributed by atoms with Crippen LogP contribution in [0.4, 0.5) is 0 Å². The van der Waals surface area contributed by atoms with Gasteiger partial charge in [-0.05, 0) is 24.1 Å². The zero-order chi connectivity index (χ0) is 16.7. The van der Waals surface area contributed by atoms with Gasteiger partial charge in [-0.1, -0.05) is 12.6 Å². The monoisotopic (exact) mass is 328 g/mol. The molecule has 1 saturated carbocycles. The van der Waals surface area contributed by atoms with Crippen molar-refractivity contribution in [3.63, 3.8) is 0 Å². The largest absolute Gasteiger partial charge is 0.504 e. The van der Waals surface area contributed by atoms with Gasteiger partial charge in [0.1, 0.15) is 11.6 Å². The Hall–Kier alpha value is -1.85. The van der Waals surface area contributed by atoms with E-state index in [1.807, 2.05) is 12.1 Å². The van der Waals surface area contributed by atoms with Gasteiger partial charge in [-0.25, -0.2) is 0 Å². The van der Waals surface area contributed by atoms with Crippen molar-refractivity contribution in [2.75, 3.05) is 13.1 Å². The Labute approximate surface area is 140 Å². The van der Waals surface area contributed by atoms with Crippen molar-refractivity contribution in [2.45, 2.75) is 48.8 Å². The van der Waals surface area contributed by atoms with E-state index in [-0.39, 0.29) is 17.6 Å². The molecule has 0 radical (unpaired) electrons. The Morgan fingerprint density at radius 1 is 1.42 bits per heavy atom. The van der Waals surface area contributed by atoms with E-state index < -0.39 is 17.1 Å². The summed E-state index contributed by atoms with van der Waals surface area (Å²) in [5, 5.41) is 22.1. The Kier molecular flexibility index (Phi) is 2.66. The molecular formula is C19H22NO4+. The molecule has 126 valence electrons. The molecule has 1 aromatic rings. The number of phenolic OH excluding ortho intramolecular Hbond substituents is 1. The van der Waals surface area contributed by atoms with Crippen LogP contribution in [0, 0.1) is 0 Å². The first kappa shape index (κ1) is 14.5. The fourth-order valence-corrected chi connectivity index (χ4v) is 5.98. The molecule has 5 heteroatoms. The number of aliphatic hydroxyl groups is 1. The molecule has 2 aliphatic heterocycles. The van der Waals surface area contributed by atoms with E-state index >= 15 is 0 Å². The molecule has 2 aliphatic carbocycles. The van der Waals surface area contributed by atoms with Crippen LogP contribution in [0.3, 0.4) is 0 Å². The predicted octanol–water partition coefficient (Wildman–Crippen LogP) is -0.116. The summed E-state index contributed by atoms with van der Waals surface area (Å²) < 4.78 is 5.99. The minimum Gasteiger partial charge on any atom is -0.504 e. The number of aromatic hydroxyl groups is 1. The maximum Gasteiger partial charge on any atom is 0.174 e. The highest BCUT2D eigenvalue weighted by Gasteiger charge is 2.74. The van der Waals surface area contributed by atoms with Crippen molar-refractivity contribution in [1.82, 2.24) is 0 Å². The lowest BCUT2D eigenvalue weighted by molar-refractivity contribution is -0.936. The number of benzene rings is 1. The molecule has 5 rings (SSSR count). The van der Waals surface area contributed by atoms with Gasteiger partial charge in [-0.3, -0.25) is 4.79 Å². The number of phenols is 1. The molecule has 1 saturated heterocycles. The summed E-state index contributed by atoms with van der Waals surface area (Å²) >= 11 is 0. The van der Waals surface area contributed by atoms with E-state index in [0.717, 1.165) is 30.6 Å². The van der Waals surface area contributed by atoms with Gasteiger partial charge < -0.3 is 19.8 Å². The van der Waals surface area contributed by atoms with Crippen molar-refractivity contribution in [1.29, 1.82) is 0 Å². The molecule has 2 fully saturated rings. The van der Waals surface area contributed by atoms with Gasteiger partial charge in [-0.2, -0.15) is 0 Å². The first-order valence-corrected chi connectivity index (χ1v) is 8.75. The first-order chi connectivity index (χ1) is 11.5. The lowest BCUT2D eigenvalue weighted by atomic mass is 9.49. The molecule has 2 heterocycles. The van der Waals surface area contributed by atoms with E-state index in [1.165, 1.54) is 4.90 Å². The van der Waals surface area contributed by atoms with Gasteiger partial charge in [-0.15, -0.1) is 0 Å². The number of piperidine rings is 1. The molecular weight excluding hydrogens is 306 g/mol. The molecule has 5 nitrogen and oxygen atoms in total. The summed E-state index contributed by atoms with van der Waals surface area (Å²) in [6, 6.07) is 3.62. The average Bonchev–Trinajstić information content (AvgIpc) is 2.91. The minimum absolute atomic E-state index is 0.0337. The lowest BCUT2D eigenvalue weighted by Crippen LogP contribution is -3.21. The molecule has 0 amide bonds. The fraction of sp³-hybridized carbons (Fsp3) is 0.526.